The summed E-state index contributed by atoms with van der Waals surface area (Å²) in [7, 11) is 0. The van der Waals surface area contributed by atoms with E-state index < -0.39 is 11.3 Å². The highest BCUT2D eigenvalue weighted by atomic mass is 16.2. The molecule has 0 spiro atoms. The van der Waals surface area contributed by atoms with Crippen molar-refractivity contribution in [2.24, 2.45) is 5.92 Å². The Morgan fingerprint density at radius 1 is 0.828 bits per heavy atom. The Morgan fingerprint density at radius 3 is 2.07 bits per heavy atom. The van der Waals surface area contributed by atoms with Crippen LogP contribution >= 0.6 is 0 Å². The maximum absolute atomic E-state index is 14.0. The van der Waals surface area contributed by atoms with Gasteiger partial charge in [0.15, 0.2) is 0 Å². The second kappa shape index (κ2) is 6.98. The zero-order chi connectivity index (χ0) is 19.8. The van der Waals surface area contributed by atoms with E-state index in [4.69, 9.17) is 0 Å². The molecule has 29 heavy (non-hydrogen) atoms. The average Bonchev–Trinajstić information content (AvgIpc) is 3.27. The van der Waals surface area contributed by atoms with Gasteiger partial charge >= 0.3 is 0 Å². The molecule has 2 saturated heterocycles. The Balaban J connectivity index is 1.64. The normalized spacial score (nSPS) is 26.0. The van der Waals surface area contributed by atoms with E-state index in [-0.39, 0.29) is 17.9 Å². The van der Waals surface area contributed by atoms with Crippen LogP contribution in [-0.4, -0.2) is 23.3 Å². The lowest BCUT2D eigenvalue weighted by Gasteiger charge is -2.33. The number of benzene rings is 3. The van der Waals surface area contributed by atoms with Gasteiger partial charge in [-0.1, -0.05) is 91.0 Å². The lowest BCUT2D eigenvalue weighted by molar-refractivity contribution is -0.141. The molecule has 5 rings (SSSR count). The van der Waals surface area contributed by atoms with Crippen LogP contribution in [0, 0.1) is 5.92 Å². The average molecular weight is 382 g/mol. The van der Waals surface area contributed by atoms with E-state index >= 15 is 0 Å². The first-order valence-electron chi connectivity index (χ1n) is 9.96. The van der Waals surface area contributed by atoms with Crippen molar-refractivity contribution in [3.8, 4) is 0 Å². The van der Waals surface area contributed by atoms with E-state index in [1.165, 1.54) is 4.90 Å². The first-order chi connectivity index (χ1) is 14.2. The number of hydrogen-bond donors (Lipinski definition) is 1. The van der Waals surface area contributed by atoms with Gasteiger partial charge in [-0.2, -0.15) is 0 Å². The summed E-state index contributed by atoms with van der Waals surface area (Å²) in [5.74, 6) is -0.610. The predicted octanol–water partition coefficient (Wildman–Crippen LogP) is 3.45. The zero-order valence-electron chi connectivity index (χ0n) is 16.0. The highest BCUT2D eigenvalue weighted by Gasteiger charge is 2.66. The highest BCUT2D eigenvalue weighted by molar-refractivity contribution is 6.11. The van der Waals surface area contributed by atoms with Crippen molar-refractivity contribution in [3.05, 3.63) is 108 Å². The fourth-order valence-corrected chi connectivity index (χ4v) is 4.97. The van der Waals surface area contributed by atoms with Crippen molar-refractivity contribution >= 4 is 11.8 Å². The van der Waals surface area contributed by atoms with E-state index in [0.717, 1.165) is 16.7 Å². The van der Waals surface area contributed by atoms with Gasteiger partial charge in [-0.25, -0.2) is 0 Å². The predicted molar refractivity (Wildman–Crippen MR) is 111 cm³/mol. The second-order valence-corrected chi connectivity index (χ2v) is 7.75. The molecule has 0 aromatic heterocycles. The molecule has 1 N–H and O–H groups in total. The van der Waals surface area contributed by atoms with Crippen LogP contribution in [0.15, 0.2) is 91.0 Å². The summed E-state index contributed by atoms with van der Waals surface area (Å²) in [6, 6.07) is 29.2. The lowest BCUT2D eigenvalue weighted by Crippen LogP contribution is -2.44. The van der Waals surface area contributed by atoms with Crippen molar-refractivity contribution < 1.29 is 9.59 Å². The largest absolute Gasteiger partial charge is 0.308 e. The summed E-state index contributed by atoms with van der Waals surface area (Å²) in [5.41, 5.74) is 1.97. The van der Waals surface area contributed by atoms with E-state index in [9.17, 15) is 9.59 Å². The molecule has 4 nitrogen and oxygen atoms in total. The Kier molecular flexibility index (Phi) is 4.29. The summed E-state index contributed by atoms with van der Waals surface area (Å²) in [6.45, 7) is 0.801. The van der Waals surface area contributed by atoms with Crippen LogP contribution in [0.25, 0.3) is 0 Å². The van der Waals surface area contributed by atoms with Gasteiger partial charge in [-0.05, 0) is 16.7 Å². The SMILES string of the molecule is O=C1[C@@H]2CN[C@H](c3ccccc3)[C@]2(c2ccccc2)C(=O)N1Cc1ccccc1. The maximum atomic E-state index is 14.0. The van der Waals surface area contributed by atoms with Crippen LogP contribution < -0.4 is 5.32 Å². The quantitative estimate of drug-likeness (QED) is 0.703. The summed E-state index contributed by atoms with van der Waals surface area (Å²) >= 11 is 0. The lowest BCUT2D eigenvalue weighted by atomic mass is 9.67. The van der Waals surface area contributed by atoms with Crippen molar-refractivity contribution in [2.75, 3.05) is 6.54 Å². The monoisotopic (exact) mass is 382 g/mol. The fourth-order valence-electron chi connectivity index (χ4n) is 4.97. The van der Waals surface area contributed by atoms with Crippen molar-refractivity contribution in [2.45, 2.75) is 18.0 Å². The third kappa shape index (κ3) is 2.64. The molecule has 0 radical (unpaired) electrons. The number of nitrogens with one attached hydrogen (secondary N) is 1. The van der Waals surface area contributed by atoms with E-state index in [1.807, 2.05) is 91.0 Å². The first-order valence-corrected chi connectivity index (χ1v) is 9.96. The minimum Gasteiger partial charge on any atom is -0.308 e. The third-order valence-electron chi connectivity index (χ3n) is 6.26. The molecule has 2 heterocycles. The molecular weight excluding hydrogens is 360 g/mol. The standard InChI is InChI=1S/C25H22N2O2/c28-23-21-16-26-22(19-12-6-2-7-13-19)25(21,20-14-8-3-9-15-20)24(29)27(23)17-18-10-4-1-5-11-18/h1-15,21-22,26H,16-17H2/t21-,22+,25+/m0/s1. The first kappa shape index (κ1) is 17.8. The van der Waals surface area contributed by atoms with Gasteiger partial charge in [0.1, 0.15) is 5.41 Å². The molecule has 0 unspecified atom stereocenters. The minimum atomic E-state index is -0.922. The highest BCUT2D eigenvalue weighted by Crippen LogP contribution is 2.53. The van der Waals surface area contributed by atoms with Gasteiger partial charge in [0.25, 0.3) is 0 Å². The number of rotatable bonds is 4. The number of imide groups is 1. The molecule has 2 fully saturated rings. The Labute approximate surface area is 170 Å². The molecule has 3 aromatic carbocycles. The molecule has 3 atom stereocenters. The molecule has 0 bridgehead atoms. The Hall–Kier alpha value is -3.24. The van der Waals surface area contributed by atoms with E-state index in [1.54, 1.807) is 0 Å². The number of nitrogens with zero attached hydrogens (tertiary/aromatic N) is 1. The summed E-state index contributed by atoms with van der Waals surface area (Å²) < 4.78 is 0. The van der Waals surface area contributed by atoms with E-state index in [0.29, 0.717) is 13.1 Å². The molecule has 2 amide bonds. The van der Waals surface area contributed by atoms with Crippen LogP contribution in [0.5, 0.6) is 0 Å². The Morgan fingerprint density at radius 2 is 1.41 bits per heavy atom. The number of amides is 2. The summed E-state index contributed by atoms with van der Waals surface area (Å²) in [4.78, 5) is 28.9. The van der Waals surface area contributed by atoms with Crippen LogP contribution in [0.4, 0.5) is 0 Å². The van der Waals surface area contributed by atoms with Crippen molar-refractivity contribution in [3.63, 3.8) is 0 Å². The molecular formula is C25H22N2O2. The van der Waals surface area contributed by atoms with Crippen molar-refractivity contribution in [1.29, 1.82) is 0 Å². The van der Waals surface area contributed by atoms with Gasteiger partial charge in [0.2, 0.25) is 11.8 Å². The zero-order valence-corrected chi connectivity index (χ0v) is 16.0. The third-order valence-corrected chi connectivity index (χ3v) is 6.26. The maximum Gasteiger partial charge on any atom is 0.242 e. The van der Waals surface area contributed by atoms with Gasteiger partial charge in [-0.15, -0.1) is 0 Å². The number of hydrogen-bond acceptors (Lipinski definition) is 3. The summed E-state index contributed by atoms with van der Waals surface area (Å²) in [5, 5.41) is 3.49. The smallest absolute Gasteiger partial charge is 0.242 e. The van der Waals surface area contributed by atoms with E-state index in [2.05, 4.69) is 5.32 Å². The number of likely N-dealkylation sites (tertiary alicyclic amines) is 1. The molecule has 4 heteroatoms. The molecule has 2 aliphatic heterocycles. The number of carbonyl (C=O) groups excluding carboxylic acids is 2. The molecule has 3 aromatic rings. The van der Waals surface area contributed by atoms with Crippen LogP contribution in [0.2, 0.25) is 0 Å². The van der Waals surface area contributed by atoms with Gasteiger partial charge in [0.05, 0.1) is 18.5 Å². The number of carbonyl (C=O) groups is 2. The minimum absolute atomic E-state index is 0.0892. The van der Waals surface area contributed by atoms with Crippen LogP contribution in [0.3, 0.4) is 0 Å². The van der Waals surface area contributed by atoms with Gasteiger partial charge in [-0.3, -0.25) is 14.5 Å². The Bertz CT molecular complexity index is 1040. The van der Waals surface area contributed by atoms with Crippen LogP contribution in [-0.2, 0) is 21.5 Å². The molecule has 0 saturated carbocycles. The fraction of sp³-hybridized carbons (Fsp3) is 0.200. The number of fused-ring (bicyclic) bond motifs is 1. The molecule has 144 valence electrons. The summed E-state index contributed by atoms with van der Waals surface area (Å²) in [6.07, 6.45) is 0. The van der Waals surface area contributed by atoms with Crippen molar-refractivity contribution in [1.82, 2.24) is 10.2 Å². The van der Waals surface area contributed by atoms with Gasteiger partial charge < -0.3 is 5.32 Å². The molecule has 0 aliphatic carbocycles. The van der Waals surface area contributed by atoms with Gasteiger partial charge in [0, 0.05) is 6.54 Å². The second-order valence-electron chi connectivity index (χ2n) is 7.75. The van der Waals surface area contributed by atoms with Crippen LogP contribution in [0.1, 0.15) is 22.7 Å². The topological polar surface area (TPSA) is 49.4 Å². The molecule has 2 aliphatic rings.